The lowest BCUT2D eigenvalue weighted by atomic mass is 10.2. The maximum Gasteiger partial charge on any atom is 0.347 e. The number of carboxylic acid groups (broad SMARTS) is 1. The van der Waals surface area contributed by atoms with Gasteiger partial charge in [-0.3, -0.25) is 0 Å². The van der Waals surface area contributed by atoms with Gasteiger partial charge in [0, 0.05) is 39.1 Å². The highest BCUT2D eigenvalue weighted by Gasteiger charge is 2.18. The van der Waals surface area contributed by atoms with Crippen molar-refractivity contribution < 1.29 is 9.90 Å². The molecular weight excluding hydrogens is 274 g/mol. The fourth-order valence-electron chi connectivity index (χ4n) is 2.41. The van der Waals surface area contributed by atoms with Crippen LogP contribution in [0.1, 0.15) is 33.7 Å². The van der Waals surface area contributed by atoms with E-state index in [4.69, 9.17) is 0 Å². The van der Waals surface area contributed by atoms with E-state index in [1.807, 2.05) is 0 Å². The Hall–Kier alpha value is -0.980. The second kappa shape index (κ2) is 7.15. The van der Waals surface area contributed by atoms with Crippen LogP contribution in [0.4, 0.5) is 0 Å². The summed E-state index contributed by atoms with van der Waals surface area (Å²) in [6.45, 7) is 7.43. The standard InChI is InChI=1S/C14H23N3O2S/c1-3-4-11-13(14(18)19)20-12(15-11)5-6-17-9-7-16(2)8-10-17/h3-10H2,1-2H3,(H,18,19). The van der Waals surface area contributed by atoms with Crippen LogP contribution in [-0.4, -0.2) is 65.6 Å². The SMILES string of the molecule is CCCc1nc(CCN2CCN(C)CC2)sc1C(=O)O. The Morgan fingerprint density at radius 3 is 2.60 bits per heavy atom. The number of aromatic carboxylic acids is 1. The van der Waals surface area contributed by atoms with Gasteiger partial charge in [-0.05, 0) is 13.5 Å². The lowest BCUT2D eigenvalue weighted by Gasteiger charge is -2.32. The molecule has 1 aromatic rings. The minimum atomic E-state index is -0.836. The molecule has 0 spiro atoms. The van der Waals surface area contributed by atoms with Crippen molar-refractivity contribution >= 4 is 17.3 Å². The molecular formula is C14H23N3O2S. The Morgan fingerprint density at radius 2 is 2.00 bits per heavy atom. The average molecular weight is 297 g/mol. The van der Waals surface area contributed by atoms with Gasteiger partial charge < -0.3 is 14.9 Å². The summed E-state index contributed by atoms with van der Waals surface area (Å²) in [5, 5.41) is 10.2. The molecule has 0 aliphatic carbocycles. The van der Waals surface area contributed by atoms with Crippen LogP contribution in [-0.2, 0) is 12.8 Å². The van der Waals surface area contributed by atoms with E-state index >= 15 is 0 Å². The first kappa shape index (κ1) is 15.4. The third-order valence-electron chi connectivity index (χ3n) is 3.66. The fourth-order valence-corrected chi connectivity index (χ4v) is 3.34. The van der Waals surface area contributed by atoms with Crippen molar-refractivity contribution in [3.63, 3.8) is 0 Å². The molecule has 1 fully saturated rings. The molecule has 0 amide bonds. The number of nitrogens with zero attached hydrogens (tertiary/aromatic N) is 3. The highest BCUT2D eigenvalue weighted by atomic mass is 32.1. The van der Waals surface area contributed by atoms with Gasteiger partial charge in [-0.25, -0.2) is 9.78 Å². The van der Waals surface area contributed by atoms with Crippen molar-refractivity contribution in [2.75, 3.05) is 39.8 Å². The van der Waals surface area contributed by atoms with Crippen LogP contribution < -0.4 is 0 Å². The number of carboxylic acids is 1. The Balaban J connectivity index is 1.92. The maximum absolute atomic E-state index is 11.2. The van der Waals surface area contributed by atoms with Gasteiger partial charge in [-0.2, -0.15) is 0 Å². The van der Waals surface area contributed by atoms with E-state index in [0.29, 0.717) is 4.88 Å². The Labute approximate surface area is 124 Å². The predicted octanol–water partition coefficient (Wildman–Crippen LogP) is 1.58. The molecule has 1 aliphatic rings. The van der Waals surface area contributed by atoms with Crippen molar-refractivity contribution in [2.24, 2.45) is 0 Å². The van der Waals surface area contributed by atoms with E-state index in [9.17, 15) is 9.90 Å². The number of rotatable bonds is 6. The number of aromatic nitrogens is 1. The van der Waals surface area contributed by atoms with Gasteiger partial charge >= 0.3 is 5.97 Å². The van der Waals surface area contributed by atoms with Gasteiger partial charge in [0.15, 0.2) is 0 Å². The Kier molecular flexibility index (Phi) is 5.51. The first-order chi connectivity index (χ1) is 9.60. The number of hydrogen-bond donors (Lipinski definition) is 1. The largest absolute Gasteiger partial charge is 0.477 e. The first-order valence-corrected chi connectivity index (χ1v) is 8.04. The second-order valence-corrected chi connectivity index (χ2v) is 6.42. The summed E-state index contributed by atoms with van der Waals surface area (Å²) in [6.07, 6.45) is 2.55. The zero-order chi connectivity index (χ0) is 14.5. The van der Waals surface area contributed by atoms with Gasteiger partial charge in [0.05, 0.1) is 10.7 Å². The van der Waals surface area contributed by atoms with Crippen LogP contribution in [0.2, 0.25) is 0 Å². The maximum atomic E-state index is 11.2. The molecule has 0 aromatic carbocycles. The smallest absolute Gasteiger partial charge is 0.347 e. The number of aryl methyl sites for hydroxylation is 1. The number of thiazole rings is 1. The molecule has 0 bridgehead atoms. The third kappa shape index (κ3) is 4.01. The summed E-state index contributed by atoms with van der Waals surface area (Å²) in [5.74, 6) is -0.836. The van der Waals surface area contributed by atoms with Crippen LogP contribution in [0.25, 0.3) is 0 Å². The lowest BCUT2D eigenvalue weighted by Crippen LogP contribution is -2.45. The van der Waals surface area contributed by atoms with Crippen molar-refractivity contribution in [1.29, 1.82) is 0 Å². The van der Waals surface area contributed by atoms with Crippen LogP contribution in [0, 0.1) is 0 Å². The zero-order valence-corrected chi connectivity index (χ0v) is 13.1. The zero-order valence-electron chi connectivity index (χ0n) is 12.3. The van der Waals surface area contributed by atoms with Crippen LogP contribution in [0.3, 0.4) is 0 Å². The molecule has 20 heavy (non-hydrogen) atoms. The molecule has 0 saturated carbocycles. The molecule has 5 nitrogen and oxygen atoms in total. The molecule has 1 N–H and O–H groups in total. The van der Waals surface area contributed by atoms with Crippen molar-refractivity contribution in [3.05, 3.63) is 15.6 Å². The molecule has 6 heteroatoms. The summed E-state index contributed by atoms with van der Waals surface area (Å²) in [4.78, 5) is 20.9. The summed E-state index contributed by atoms with van der Waals surface area (Å²) in [5.41, 5.74) is 0.762. The van der Waals surface area contributed by atoms with E-state index in [2.05, 4.69) is 28.8 Å². The molecule has 0 atom stereocenters. The number of carbonyl (C=O) groups is 1. The van der Waals surface area contributed by atoms with E-state index in [-0.39, 0.29) is 0 Å². The van der Waals surface area contributed by atoms with Crippen molar-refractivity contribution in [1.82, 2.24) is 14.8 Å². The molecule has 1 aliphatic heterocycles. The van der Waals surface area contributed by atoms with E-state index in [1.165, 1.54) is 11.3 Å². The molecule has 2 rings (SSSR count). The van der Waals surface area contributed by atoms with Gasteiger partial charge in [-0.15, -0.1) is 11.3 Å². The minimum absolute atomic E-state index is 0.431. The van der Waals surface area contributed by atoms with E-state index < -0.39 is 5.97 Å². The van der Waals surface area contributed by atoms with E-state index in [1.54, 1.807) is 0 Å². The van der Waals surface area contributed by atoms with Crippen molar-refractivity contribution in [2.45, 2.75) is 26.2 Å². The Bertz CT molecular complexity index is 453. The van der Waals surface area contributed by atoms with Gasteiger partial charge in [0.1, 0.15) is 4.88 Å². The lowest BCUT2D eigenvalue weighted by molar-refractivity contribution is 0.0700. The monoisotopic (exact) mass is 297 g/mol. The summed E-state index contributed by atoms with van der Waals surface area (Å²) in [6, 6.07) is 0. The van der Waals surface area contributed by atoms with Crippen LogP contribution in [0.15, 0.2) is 0 Å². The van der Waals surface area contributed by atoms with Crippen LogP contribution in [0.5, 0.6) is 0 Å². The number of likely N-dealkylation sites (N-methyl/N-ethyl adjacent to an activating group) is 1. The van der Waals surface area contributed by atoms with Gasteiger partial charge in [-0.1, -0.05) is 13.3 Å². The van der Waals surface area contributed by atoms with E-state index in [0.717, 1.165) is 62.7 Å². The highest BCUT2D eigenvalue weighted by molar-refractivity contribution is 7.13. The Morgan fingerprint density at radius 1 is 1.30 bits per heavy atom. The predicted molar refractivity (Wildman–Crippen MR) is 80.7 cm³/mol. The van der Waals surface area contributed by atoms with Gasteiger partial charge in [0.2, 0.25) is 0 Å². The number of hydrogen-bond acceptors (Lipinski definition) is 5. The first-order valence-electron chi connectivity index (χ1n) is 7.23. The van der Waals surface area contributed by atoms with Gasteiger partial charge in [0.25, 0.3) is 0 Å². The second-order valence-electron chi connectivity index (χ2n) is 5.33. The molecule has 0 radical (unpaired) electrons. The molecule has 1 aromatic heterocycles. The number of piperazine rings is 1. The minimum Gasteiger partial charge on any atom is -0.477 e. The molecule has 1 saturated heterocycles. The highest BCUT2D eigenvalue weighted by Crippen LogP contribution is 2.21. The normalized spacial score (nSPS) is 17.5. The summed E-state index contributed by atoms with van der Waals surface area (Å²) >= 11 is 1.35. The molecule has 0 unspecified atom stereocenters. The van der Waals surface area contributed by atoms with Crippen molar-refractivity contribution in [3.8, 4) is 0 Å². The third-order valence-corrected chi connectivity index (χ3v) is 4.81. The average Bonchev–Trinajstić information content (AvgIpc) is 2.82. The summed E-state index contributed by atoms with van der Waals surface area (Å²) < 4.78 is 0. The molecule has 2 heterocycles. The quantitative estimate of drug-likeness (QED) is 0.864. The fraction of sp³-hybridized carbons (Fsp3) is 0.714. The molecule has 112 valence electrons. The topological polar surface area (TPSA) is 56.7 Å². The summed E-state index contributed by atoms with van der Waals surface area (Å²) in [7, 11) is 2.15. The van der Waals surface area contributed by atoms with Crippen LogP contribution >= 0.6 is 11.3 Å².